The van der Waals surface area contributed by atoms with Crippen molar-refractivity contribution in [3.63, 3.8) is 0 Å². The number of benzene rings is 1. The number of thioether (sulfide) groups is 1. The minimum atomic E-state index is 0.0311. The zero-order valence-corrected chi connectivity index (χ0v) is 13.2. The van der Waals surface area contributed by atoms with Gasteiger partial charge in [-0.15, -0.1) is 12.6 Å². The summed E-state index contributed by atoms with van der Waals surface area (Å²) in [6.45, 7) is 0.781. The lowest BCUT2D eigenvalue weighted by molar-refractivity contribution is 0.0792. The summed E-state index contributed by atoms with van der Waals surface area (Å²) in [5.74, 6) is 1.11. The lowest BCUT2D eigenvalue weighted by atomic mass is 10.2. The SMILES string of the molecule is CSCCCN(C)C(=O)c1ccc(Br)cc1S. The molecule has 0 unspecified atom stereocenters. The van der Waals surface area contributed by atoms with E-state index < -0.39 is 0 Å². The van der Waals surface area contributed by atoms with E-state index >= 15 is 0 Å². The van der Waals surface area contributed by atoms with Crippen LogP contribution in [0.25, 0.3) is 0 Å². The van der Waals surface area contributed by atoms with Gasteiger partial charge in [0.1, 0.15) is 0 Å². The fraction of sp³-hybridized carbons (Fsp3) is 0.417. The van der Waals surface area contributed by atoms with E-state index in [-0.39, 0.29) is 5.91 Å². The van der Waals surface area contributed by atoms with Crippen molar-refractivity contribution >= 4 is 46.2 Å². The fourth-order valence-electron chi connectivity index (χ4n) is 1.44. The zero-order chi connectivity index (χ0) is 12.8. The highest BCUT2D eigenvalue weighted by Gasteiger charge is 2.14. The summed E-state index contributed by atoms with van der Waals surface area (Å²) in [7, 11) is 1.83. The summed E-state index contributed by atoms with van der Waals surface area (Å²) < 4.78 is 0.934. The van der Waals surface area contributed by atoms with Gasteiger partial charge in [-0.25, -0.2) is 0 Å². The normalized spacial score (nSPS) is 10.4. The number of carbonyl (C=O) groups excluding carboxylic acids is 1. The van der Waals surface area contributed by atoms with E-state index in [1.54, 1.807) is 22.7 Å². The highest BCUT2D eigenvalue weighted by Crippen LogP contribution is 2.21. The largest absolute Gasteiger partial charge is 0.342 e. The number of halogens is 1. The van der Waals surface area contributed by atoms with E-state index in [4.69, 9.17) is 0 Å². The van der Waals surface area contributed by atoms with Crippen LogP contribution in [0, 0.1) is 0 Å². The molecule has 1 amide bonds. The van der Waals surface area contributed by atoms with Crippen LogP contribution >= 0.6 is 40.3 Å². The van der Waals surface area contributed by atoms with E-state index in [1.165, 1.54) is 0 Å². The maximum absolute atomic E-state index is 12.1. The summed E-state index contributed by atoms with van der Waals surface area (Å²) >= 11 is 9.48. The van der Waals surface area contributed by atoms with Crippen molar-refractivity contribution in [3.05, 3.63) is 28.2 Å². The van der Waals surface area contributed by atoms with Crippen LogP contribution in [0.4, 0.5) is 0 Å². The Morgan fingerprint density at radius 3 is 2.82 bits per heavy atom. The Labute approximate surface area is 121 Å². The Hall–Kier alpha value is -0.130. The van der Waals surface area contributed by atoms with Gasteiger partial charge >= 0.3 is 0 Å². The molecule has 0 saturated heterocycles. The molecule has 1 aromatic rings. The first-order valence-electron chi connectivity index (χ1n) is 5.29. The molecule has 94 valence electrons. The van der Waals surface area contributed by atoms with Gasteiger partial charge in [0.05, 0.1) is 5.56 Å². The van der Waals surface area contributed by atoms with Crippen molar-refractivity contribution in [1.82, 2.24) is 4.90 Å². The highest BCUT2D eigenvalue weighted by atomic mass is 79.9. The first-order valence-corrected chi connectivity index (χ1v) is 7.92. The molecule has 0 saturated carbocycles. The van der Waals surface area contributed by atoms with Crippen molar-refractivity contribution in [3.8, 4) is 0 Å². The molecule has 0 bridgehead atoms. The molecule has 0 aliphatic rings. The van der Waals surface area contributed by atoms with Crippen LogP contribution in [-0.2, 0) is 0 Å². The van der Waals surface area contributed by atoms with Crippen molar-refractivity contribution in [2.24, 2.45) is 0 Å². The van der Waals surface area contributed by atoms with E-state index in [0.717, 1.165) is 23.2 Å². The first kappa shape index (κ1) is 14.9. The average Bonchev–Trinajstić information content (AvgIpc) is 2.28. The third-order valence-electron chi connectivity index (χ3n) is 2.38. The van der Waals surface area contributed by atoms with Crippen LogP contribution in [0.3, 0.4) is 0 Å². The molecule has 1 aromatic carbocycles. The summed E-state index contributed by atoms with van der Waals surface area (Å²) in [5.41, 5.74) is 0.656. The number of carbonyl (C=O) groups is 1. The minimum Gasteiger partial charge on any atom is -0.342 e. The summed E-state index contributed by atoms with van der Waals surface area (Å²) in [5, 5.41) is 0. The molecular formula is C12H16BrNOS2. The molecule has 0 spiro atoms. The van der Waals surface area contributed by atoms with Crippen LogP contribution < -0.4 is 0 Å². The standard InChI is InChI=1S/C12H16BrNOS2/c1-14(6-3-7-17-2)12(15)10-5-4-9(13)8-11(10)16/h4-5,8,16H,3,6-7H2,1-2H3. The molecule has 0 aliphatic heterocycles. The van der Waals surface area contributed by atoms with Gasteiger partial charge < -0.3 is 4.90 Å². The smallest absolute Gasteiger partial charge is 0.254 e. The molecule has 0 aromatic heterocycles. The van der Waals surface area contributed by atoms with Gasteiger partial charge in [-0.1, -0.05) is 15.9 Å². The van der Waals surface area contributed by atoms with Gasteiger partial charge in [0, 0.05) is 23.0 Å². The van der Waals surface area contributed by atoms with Gasteiger partial charge in [0.25, 0.3) is 5.91 Å². The molecule has 17 heavy (non-hydrogen) atoms. The van der Waals surface area contributed by atoms with Gasteiger partial charge in [-0.3, -0.25) is 4.79 Å². The first-order chi connectivity index (χ1) is 8.06. The van der Waals surface area contributed by atoms with Crippen LogP contribution in [0.15, 0.2) is 27.6 Å². The summed E-state index contributed by atoms with van der Waals surface area (Å²) in [6.07, 6.45) is 3.09. The maximum Gasteiger partial charge on any atom is 0.254 e. The lowest BCUT2D eigenvalue weighted by Gasteiger charge is -2.17. The second-order valence-corrected chi connectivity index (χ2v) is 6.12. The number of amides is 1. The Kier molecular flexibility index (Phi) is 6.44. The predicted octanol–water partition coefficient (Wildman–Crippen LogP) is 3.56. The quantitative estimate of drug-likeness (QED) is 0.656. The van der Waals surface area contributed by atoms with Gasteiger partial charge in [-0.05, 0) is 36.6 Å². The molecular weight excluding hydrogens is 318 g/mol. The van der Waals surface area contributed by atoms with Crippen LogP contribution in [0.5, 0.6) is 0 Å². The predicted molar refractivity (Wildman–Crippen MR) is 81.4 cm³/mol. The lowest BCUT2D eigenvalue weighted by Crippen LogP contribution is -2.28. The Balaban J connectivity index is 2.68. The maximum atomic E-state index is 12.1. The van der Waals surface area contributed by atoms with Crippen LogP contribution in [0.1, 0.15) is 16.8 Å². The Morgan fingerprint density at radius 2 is 2.24 bits per heavy atom. The molecule has 5 heteroatoms. The Bertz CT molecular complexity index is 398. The monoisotopic (exact) mass is 333 g/mol. The molecule has 0 fully saturated rings. The average molecular weight is 334 g/mol. The second-order valence-electron chi connectivity index (χ2n) is 3.73. The zero-order valence-electron chi connectivity index (χ0n) is 9.94. The van der Waals surface area contributed by atoms with Crippen molar-refractivity contribution in [2.45, 2.75) is 11.3 Å². The van der Waals surface area contributed by atoms with Crippen molar-refractivity contribution in [1.29, 1.82) is 0 Å². The summed E-state index contributed by atoms with van der Waals surface area (Å²) in [6, 6.07) is 5.51. The van der Waals surface area contributed by atoms with Crippen LogP contribution in [-0.4, -0.2) is 36.4 Å². The summed E-state index contributed by atoms with van der Waals surface area (Å²) in [4.78, 5) is 14.6. The Morgan fingerprint density at radius 1 is 1.53 bits per heavy atom. The van der Waals surface area contributed by atoms with Crippen molar-refractivity contribution < 1.29 is 4.79 Å². The van der Waals surface area contributed by atoms with Crippen LogP contribution in [0.2, 0.25) is 0 Å². The minimum absolute atomic E-state index is 0.0311. The number of hydrogen-bond donors (Lipinski definition) is 1. The molecule has 2 nitrogen and oxygen atoms in total. The second kappa shape index (κ2) is 7.34. The van der Waals surface area contributed by atoms with E-state index in [2.05, 4.69) is 34.8 Å². The fourth-order valence-corrected chi connectivity index (χ4v) is 2.70. The third-order valence-corrected chi connectivity index (χ3v) is 3.94. The molecule has 0 radical (unpaired) electrons. The number of nitrogens with zero attached hydrogens (tertiary/aromatic N) is 1. The number of rotatable bonds is 5. The van der Waals surface area contributed by atoms with Gasteiger partial charge in [0.2, 0.25) is 0 Å². The number of thiol groups is 1. The van der Waals surface area contributed by atoms with Gasteiger partial charge in [0.15, 0.2) is 0 Å². The molecule has 0 heterocycles. The van der Waals surface area contributed by atoms with Gasteiger partial charge in [-0.2, -0.15) is 11.8 Å². The number of hydrogen-bond acceptors (Lipinski definition) is 3. The molecule has 0 N–H and O–H groups in total. The third kappa shape index (κ3) is 4.56. The van der Waals surface area contributed by atoms with E-state index in [9.17, 15) is 4.79 Å². The molecule has 1 rings (SSSR count). The molecule has 0 aliphatic carbocycles. The topological polar surface area (TPSA) is 20.3 Å². The van der Waals surface area contributed by atoms with E-state index in [0.29, 0.717) is 10.5 Å². The molecule has 0 atom stereocenters. The highest BCUT2D eigenvalue weighted by molar-refractivity contribution is 9.10. The van der Waals surface area contributed by atoms with E-state index in [1.807, 2.05) is 19.2 Å². The van der Waals surface area contributed by atoms with Crippen molar-refractivity contribution in [2.75, 3.05) is 25.6 Å².